The van der Waals surface area contributed by atoms with Crippen molar-refractivity contribution in [1.82, 2.24) is 10.2 Å². The Morgan fingerprint density at radius 1 is 0.925 bits per heavy atom. The lowest BCUT2D eigenvalue weighted by Gasteiger charge is -2.34. The smallest absolute Gasteiger partial charge is 0.264 e. The number of hydrogen-bond acceptors (Lipinski definition) is 4. The van der Waals surface area contributed by atoms with Crippen LogP contribution in [0.25, 0.3) is 0 Å². The zero-order chi connectivity index (χ0) is 29.6. The second-order valence-corrected chi connectivity index (χ2v) is 12.7. The van der Waals surface area contributed by atoms with Crippen LogP contribution >= 0.6 is 34.8 Å². The summed E-state index contributed by atoms with van der Waals surface area (Å²) in [4.78, 5) is 28.7. The number of halogens is 3. The third kappa shape index (κ3) is 7.49. The molecule has 2 amide bonds. The molecule has 0 aromatic heterocycles. The summed E-state index contributed by atoms with van der Waals surface area (Å²) >= 11 is 18.9. The summed E-state index contributed by atoms with van der Waals surface area (Å²) < 4.78 is 28.9. The van der Waals surface area contributed by atoms with Gasteiger partial charge in [0.15, 0.2) is 0 Å². The molecule has 0 unspecified atom stereocenters. The van der Waals surface area contributed by atoms with Crippen LogP contribution in [-0.4, -0.2) is 43.8 Å². The molecule has 0 radical (unpaired) electrons. The quantitative estimate of drug-likeness (QED) is 0.265. The fourth-order valence-corrected chi connectivity index (χ4v) is 6.36. The highest BCUT2D eigenvalue weighted by molar-refractivity contribution is 7.92. The van der Waals surface area contributed by atoms with E-state index >= 15 is 0 Å². The van der Waals surface area contributed by atoms with Crippen molar-refractivity contribution in [2.75, 3.05) is 10.8 Å². The van der Waals surface area contributed by atoms with E-state index in [4.69, 9.17) is 34.8 Å². The molecule has 0 aliphatic carbocycles. The van der Waals surface area contributed by atoms with E-state index in [-0.39, 0.29) is 35.5 Å². The SMILES string of the molecule is CC[C@@H](C(=O)NC(C)C)N(Cc1ccc(Cl)cc1Cl)C(=O)CN(c1cccc(Cl)c1C)S(=O)(=O)c1ccccc1. The lowest BCUT2D eigenvalue weighted by molar-refractivity contribution is -0.140. The third-order valence-electron chi connectivity index (χ3n) is 6.29. The van der Waals surface area contributed by atoms with Crippen LogP contribution in [0.5, 0.6) is 0 Å². The van der Waals surface area contributed by atoms with Crippen molar-refractivity contribution >= 4 is 62.3 Å². The zero-order valence-electron chi connectivity index (χ0n) is 22.7. The number of carbonyl (C=O) groups is 2. The second kappa shape index (κ2) is 13.7. The molecule has 7 nitrogen and oxygen atoms in total. The Hall–Kier alpha value is -2.78. The van der Waals surface area contributed by atoms with Gasteiger partial charge in [-0.05, 0) is 74.7 Å². The van der Waals surface area contributed by atoms with E-state index in [0.29, 0.717) is 26.2 Å². The number of carbonyl (C=O) groups excluding carboxylic acids is 2. The standard InChI is InChI=1S/C29H32Cl3N3O4S/c1-5-26(29(37)33-19(2)3)34(17-21-14-15-22(30)16-25(21)32)28(36)18-35(27-13-9-12-24(31)20(27)4)40(38,39)23-10-7-6-8-11-23/h6-16,19,26H,5,17-18H2,1-4H3,(H,33,37)/t26-/m0/s1. The van der Waals surface area contributed by atoms with Crippen LogP contribution in [0.3, 0.4) is 0 Å². The lowest BCUT2D eigenvalue weighted by atomic mass is 10.1. The molecule has 3 aromatic carbocycles. The van der Waals surface area contributed by atoms with E-state index in [1.54, 1.807) is 68.4 Å². The number of nitrogens with zero attached hydrogens (tertiary/aromatic N) is 2. The largest absolute Gasteiger partial charge is 0.352 e. The first-order chi connectivity index (χ1) is 18.9. The van der Waals surface area contributed by atoms with Gasteiger partial charge in [-0.1, -0.05) is 72.1 Å². The Morgan fingerprint density at radius 3 is 2.20 bits per heavy atom. The molecule has 0 saturated heterocycles. The van der Waals surface area contributed by atoms with Gasteiger partial charge in [-0.15, -0.1) is 0 Å². The Labute approximate surface area is 251 Å². The number of hydrogen-bond donors (Lipinski definition) is 1. The first-order valence-electron chi connectivity index (χ1n) is 12.7. The van der Waals surface area contributed by atoms with Gasteiger partial charge < -0.3 is 10.2 Å². The number of anilines is 1. The lowest BCUT2D eigenvalue weighted by Crippen LogP contribution is -2.53. The number of benzene rings is 3. The van der Waals surface area contributed by atoms with Gasteiger partial charge in [0.25, 0.3) is 10.0 Å². The van der Waals surface area contributed by atoms with Crippen LogP contribution < -0.4 is 9.62 Å². The topological polar surface area (TPSA) is 86.8 Å². The van der Waals surface area contributed by atoms with E-state index in [9.17, 15) is 18.0 Å². The summed E-state index contributed by atoms with van der Waals surface area (Å²) in [5.41, 5.74) is 1.31. The van der Waals surface area contributed by atoms with Gasteiger partial charge in [-0.2, -0.15) is 0 Å². The van der Waals surface area contributed by atoms with Crippen molar-refractivity contribution in [2.45, 2.75) is 57.6 Å². The Bertz CT molecular complexity index is 1470. The molecule has 0 aliphatic heterocycles. The average Bonchev–Trinajstić information content (AvgIpc) is 2.90. The molecule has 0 heterocycles. The van der Waals surface area contributed by atoms with Crippen LogP contribution in [-0.2, 0) is 26.2 Å². The molecule has 3 aromatic rings. The van der Waals surface area contributed by atoms with E-state index in [0.717, 1.165) is 4.31 Å². The zero-order valence-corrected chi connectivity index (χ0v) is 25.8. The van der Waals surface area contributed by atoms with E-state index in [1.165, 1.54) is 17.0 Å². The predicted molar refractivity (Wildman–Crippen MR) is 162 cm³/mol. The molecule has 0 bridgehead atoms. The van der Waals surface area contributed by atoms with Crippen LogP contribution in [0.2, 0.25) is 15.1 Å². The Kier molecular flexibility index (Phi) is 10.9. The van der Waals surface area contributed by atoms with Crippen molar-refractivity contribution in [3.05, 3.63) is 92.9 Å². The average molecular weight is 625 g/mol. The minimum Gasteiger partial charge on any atom is -0.352 e. The van der Waals surface area contributed by atoms with Crippen LogP contribution in [0, 0.1) is 6.92 Å². The molecule has 1 N–H and O–H groups in total. The van der Waals surface area contributed by atoms with E-state index in [2.05, 4.69) is 5.32 Å². The molecular weight excluding hydrogens is 593 g/mol. The first-order valence-corrected chi connectivity index (χ1v) is 15.3. The third-order valence-corrected chi connectivity index (χ3v) is 9.06. The fourth-order valence-electron chi connectivity index (χ4n) is 4.23. The summed E-state index contributed by atoms with van der Waals surface area (Å²) in [6, 6.07) is 16.5. The molecule has 11 heteroatoms. The van der Waals surface area contributed by atoms with Crippen LogP contribution in [0.15, 0.2) is 71.6 Å². The summed E-state index contributed by atoms with van der Waals surface area (Å²) in [5, 5.41) is 3.96. The maximum Gasteiger partial charge on any atom is 0.264 e. The molecule has 214 valence electrons. The van der Waals surface area contributed by atoms with Gasteiger partial charge in [0, 0.05) is 27.7 Å². The second-order valence-electron chi connectivity index (χ2n) is 9.55. The molecule has 1 atom stereocenters. The van der Waals surface area contributed by atoms with Gasteiger partial charge in [0.05, 0.1) is 10.6 Å². The number of rotatable bonds is 11. The Balaban J connectivity index is 2.12. The summed E-state index contributed by atoms with van der Waals surface area (Å²) in [6.45, 7) is 6.51. The number of amides is 2. The van der Waals surface area contributed by atoms with Crippen molar-refractivity contribution in [1.29, 1.82) is 0 Å². The molecule has 0 aliphatic rings. The monoisotopic (exact) mass is 623 g/mol. The van der Waals surface area contributed by atoms with Crippen LogP contribution in [0.1, 0.15) is 38.3 Å². The van der Waals surface area contributed by atoms with Gasteiger partial charge in [0.1, 0.15) is 12.6 Å². The highest BCUT2D eigenvalue weighted by atomic mass is 35.5. The summed E-state index contributed by atoms with van der Waals surface area (Å²) in [6.07, 6.45) is 0.289. The molecular formula is C29H32Cl3N3O4S. The summed E-state index contributed by atoms with van der Waals surface area (Å²) in [7, 11) is -4.20. The molecule has 3 rings (SSSR count). The van der Waals surface area contributed by atoms with E-state index in [1.807, 2.05) is 13.8 Å². The maximum absolute atomic E-state index is 14.1. The van der Waals surface area contributed by atoms with Gasteiger partial charge in [-0.25, -0.2) is 8.42 Å². The van der Waals surface area contributed by atoms with Crippen molar-refractivity contribution in [3.8, 4) is 0 Å². The van der Waals surface area contributed by atoms with Crippen LogP contribution in [0.4, 0.5) is 5.69 Å². The summed E-state index contributed by atoms with van der Waals surface area (Å²) in [5.74, 6) is -0.942. The molecule has 0 saturated carbocycles. The maximum atomic E-state index is 14.1. The molecule has 0 spiro atoms. The normalized spacial score (nSPS) is 12.2. The number of nitrogens with one attached hydrogen (secondary N) is 1. The first kappa shape index (κ1) is 31.7. The van der Waals surface area contributed by atoms with Crippen molar-refractivity contribution in [2.24, 2.45) is 0 Å². The van der Waals surface area contributed by atoms with Crippen molar-refractivity contribution < 1.29 is 18.0 Å². The molecule has 0 fully saturated rings. The highest BCUT2D eigenvalue weighted by Crippen LogP contribution is 2.31. The minimum absolute atomic E-state index is 0.0130. The minimum atomic E-state index is -4.20. The van der Waals surface area contributed by atoms with Crippen molar-refractivity contribution in [3.63, 3.8) is 0 Å². The predicted octanol–water partition coefficient (Wildman–Crippen LogP) is 6.48. The van der Waals surface area contributed by atoms with Gasteiger partial charge in [0.2, 0.25) is 11.8 Å². The molecule has 40 heavy (non-hydrogen) atoms. The Morgan fingerprint density at radius 2 is 1.60 bits per heavy atom. The highest BCUT2D eigenvalue weighted by Gasteiger charge is 2.34. The number of sulfonamides is 1. The van der Waals surface area contributed by atoms with Gasteiger partial charge >= 0.3 is 0 Å². The fraction of sp³-hybridized carbons (Fsp3) is 0.310. The van der Waals surface area contributed by atoms with Gasteiger partial charge in [-0.3, -0.25) is 13.9 Å². The van der Waals surface area contributed by atoms with E-state index < -0.39 is 28.5 Å².